The lowest BCUT2D eigenvalue weighted by atomic mass is 10.0. The molecule has 0 bridgehead atoms. The van der Waals surface area contributed by atoms with Crippen molar-refractivity contribution in [3.05, 3.63) is 48.0 Å². The summed E-state index contributed by atoms with van der Waals surface area (Å²) in [7, 11) is 3.99. The summed E-state index contributed by atoms with van der Waals surface area (Å²) in [6, 6.07) is 11.9. The summed E-state index contributed by atoms with van der Waals surface area (Å²) in [6.07, 6.45) is 2.79. The van der Waals surface area contributed by atoms with Gasteiger partial charge in [0, 0.05) is 31.2 Å². The van der Waals surface area contributed by atoms with E-state index in [4.69, 9.17) is 5.11 Å². The van der Waals surface area contributed by atoms with E-state index in [1.54, 1.807) is 6.08 Å². The molecule has 0 aliphatic carbocycles. The van der Waals surface area contributed by atoms with Crippen molar-refractivity contribution in [2.45, 2.75) is 0 Å². The quantitative estimate of drug-likeness (QED) is 0.840. The Hall–Kier alpha value is -2.29. The molecule has 92 valence electrons. The molecule has 18 heavy (non-hydrogen) atoms. The van der Waals surface area contributed by atoms with Crippen LogP contribution in [0.5, 0.6) is 0 Å². The Morgan fingerprint density at radius 2 is 1.78 bits per heavy atom. The Balaban J connectivity index is 2.64. The summed E-state index contributed by atoms with van der Waals surface area (Å²) < 4.78 is 0. The molecule has 0 amide bonds. The third kappa shape index (κ3) is 2.35. The Labute approximate surface area is 106 Å². The molecule has 3 heteroatoms. The fourth-order valence-electron chi connectivity index (χ4n) is 2.00. The molecule has 0 atom stereocenters. The van der Waals surface area contributed by atoms with Gasteiger partial charge in [0.25, 0.3) is 0 Å². The van der Waals surface area contributed by atoms with Gasteiger partial charge >= 0.3 is 5.97 Å². The lowest BCUT2D eigenvalue weighted by Crippen LogP contribution is -2.09. The average Bonchev–Trinajstić information content (AvgIpc) is 2.35. The minimum absolute atomic E-state index is 0.915. The van der Waals surface area contributed by atoms with E-state index < -0.39 is 5.97 Å². The van der Waals surface area contributed by atoms with Crippen molar-refractivity contribution in [3.8, 4) is 0 Å². The van der Waals surface area contributed by atoms with Gasteiger partial charge in [0.15, 0.2) is 0 Å². The second kappa shape index (κ2) is 4.92. The first kappa shape index (κ1) is 12.2. The molecule has 0 saturated heterocycles. The van der Waals surface area contributed by atoms with Gasteiger partial charge < -0.3 is 10.0 Å². The summed E-state index contributed by atoms with van der Waals surface area (Å²) in [6.45, 7) is 0. The van der Waals surface area contributed by atoms with Crippen LogP contribution >= 0.6 is 0 Å². The van der Waals surface area contributed by atoms with Gasteiger partial charge in [-0.2, -0.15) is 0 Å². The summed E-state index contributed by atoms with van der Waals surface area (Å²) in [5.74, 6) is -0.934. The SMILES string of the molecule is CN(C)c1ccc(/C=C/C(=O)O)c2ccccc12. The molecule has 2 aromatic carbocycles. The number of hydrogen-bond acceptors (Lipinski definition) is 2. The Morgan fingerprint density at radius 3 is 2.39 bits per heavy atom. The van der Waals surface area contributed by atoms with Crippen molar-refractivity contribution in [2.24, 2.45) is 0 Å². The maximum atomic E-state index is 10.6. The van der Waals surface area contributed by atoms with E-state index in [1.165, 1.54) is 0 Å². The highest BCUT2D eigenvalue weighted by molar-refractivity contribution is 6.00. The lowest BCUT2D eigenvalue weighted by molar-refractivity contribution is -0.131. The largest absolute Gasteiger partial charge is 0.478 e. The zero-order valence-electron chi connectivity index (χ0n) is 10.4. The molecule has 2 aromatic rings. The number of hydrogen-bond donors (Lipinski definition) is 1. The second-order valence-corrected chi connectivity index (χ2v) is 4.29. The van der Waals surface area contributed by atoms with Crippen molar-refractivity contribution < 1.29 is 9.90 Å². The molecule has 0 saturated carbocycles. The molecular formula is C15H15NO2. The van der Waals surface area contributed by atoms with E-state index >= 15 is 0 Å². The van der Waals surface area contributed by atoms with Crippen molar-refractivity contribution in [1.82, 2.24) is 0 Å². The summed E-state index contributed by atoms with van der Waals surface area (Å²) in [5, 5.41) is 10.9. The number of rotatable bonds is 3. The molecule has 3 nitrogen and oxygen atoms in total. The zero-order valence-corrected chi connectivity index (χ0v) is 10.4. The van der Waals surface area contributed by atoms with E-state index in [0.29, 0.717) is 0 Å². The molecule has 0 aromatic heterocycles. The van der Waals surface area contributed by atoms with Crippen LogP contribution in [0.4, 0.5) is 5.69 Å². The van der Waals surface area contributed by atoms with Gasteiger partial charge in [-0.25, -0.2) is 4.79 Å². The predicted octanol–water partition coefficient (Wildman–Crippen LogP) is 3.00. The summed E-state index contributed by atoms with van der Waals surface area (Å²) in [5.41, 5.74) is 2.04. The third-order valence-electron chi connectivity index (χ3n) is 2.82. The van der Waals surface area contributed by atoms with Gasteiger partial charge in [-0.15, -0.1) is 0 Å². The molecule has 2 rings (SSSR count). The van der Waals surface area contributed by atoms with Crippen LogP contribution in [0.3, 0.4) is 0 Å². The van der Waals surface area contributed by atoms with Crippen molar-refractivity contribution in [1.29, 1.82) is 0 Å². The number of nitrogens with zero attached hydrogens (tertiary/aromatic N) is 1. The molecule has 0 radical (unpaired) electrons. The fraction of sp³-hybridized carbons (Fsp3) is 0.133. The van der Waals surface area contributed by atoms with Gasteiger partial charge in [0.05, 0.1) is 0 Å². The number of carboxylic acid groups (broad SMARTS) is 1. The van der Waals surface area contributed by atoms with Crippen LogP contribution in [-0.2, 0) is 4.79 Å². The number of benzene rings is 2. The maximum absolute atomic E-state index is 10.6. The molecule has 0 fully saturated rings. The molecule has 0 aliphatic rings. The normalized spacial score (nSPS) is 11.0. The van der Waals surface area contributed by atoms with Crippen LogP contribution in [0.25, 0.3) is 16.8 Å². The number of aliphatic carboxylic acids is 1. The first-order valence-electron chi connectivity index (χ1n) is 5.69. The highest BCUT2D eigenvalue weighted by Gasteiger charge is 2.05. The smallest absolute Gasteiger partial charge is 0.328 e. The number of carbonyl (C=O) groups is 1. The van der Waals surface area contributed by atoms with Gasteiger partial charge in [-0.05, 0) is 23.1 Å². The first-order valence-corrected chi connectivity index (χ1v) is 5.69. The Bertz CT molecular complexity index is 615. The molecular weight excluding hydrogens is 226 g/mol. The molecule has 0 spiro atoms. The second-order valence-electron chi connectivity index (χ2n) is 4.29. The zero-order chi connectivity index (χ0) is 13.1. The van der Waals surface area contributed by atoms with Gasteiger partial charge in [0.2, 0.25) is 0 Å². The molecule has 1 N–H and O–H groups in total. The lowest BCUT2D eigenvalue weighted by Gasteiger charge is -2.16. The standard InChI is InChI=1S/C15H15NO2/c1-16(2)14-9-7-11(8-10-15(17)18)12-5-3-4-6-13(12)14/h3-10H,1-2H3,(H,17,18)/b10-8+. The van der Waals surface area contributed by atoms with E-state index in [0.717, 1.165) is 28.1 Å². The van der Waals surface area contributed by atoms with E-state index in [2.05, 4.69) is 0 Å². The topological polar surface area (TPSA) is 40.5 Å². The fourth-order valence-corrected chi connectivity index (χ4v) is 2.00. The third-order valence-corrected chi connectivity index (χ3v) is 2.82. The Morgan fingerprint density at radius 1 is 1.11 bits per heavy atom. The van der Waals surface area contributed by atoms with Crippen LogP contribution in [0, 0.1) is 0 Å². The minimum Gasteiger partial charge on any atom is -0.478 e. The minimum atomic E-state index is -0.934. The highest BCUT2D eigenvalue weighted by atomic mass is 16.4. The monoisotopic (exact) mass is 241 g/mol. The van der Waals surface area contributed by atoms with Crippen LogP contribution in [-0.4, -0.2) is 25.2 Å². The predicted molar refractivity (Wildman–Crippen MR) is 74.9 cm³/mol. The highest BCUT2D eigenvalue weighted by Crippen LogP contribution is 2.28. The van der Waals surface area contributed by atoms with Crippen LogP contribution in [0.2, 0.25) is 0 Å². The first-order chi connectivity index (χ1) is 8.59. The molecule has 0 aliphatic heterocycles. The van der Waals surface area contributed by atoms with Gasteiger partial charge in [-0.1, -0.05) is 30.3 Å². The number of carboxylic acids is 1. The summed E-state index contributed by atoms with van der Waals surface area (Å²) in [4.78, 5) is 12.6. The van der Waals surface area contributed by atoms with Crippen LogP contribution in [0.15, 0.2) is 42.5 Å². The van der Waals surface area contributed by atoms with Crippen molar-refractivity contribution in [3.63, 3.8) is 0 Å². The number of anilines is 1. The van der Waals surface area contributed by atoms with Gasteiger partial charge in [-0.3, -0.25) is 0 Å². The van der Waals surface area contributed by atoms with E-state index in [1.807, 2.05) is 55.4 Å². The van der Waals surface area contributed by atoms with E-state index in [9.17, 15) is 4.79 Å². The summed E-state index contributed by atoms with van der Waals surface area (Å²) >= 11 is 0. The molecule has 0 unspecified atom stereocenters. The van der Waals surface area contributed by atoms with E-state index in [-0.39, 0.29) is 0 Å². The molecule has 0 heterocycles. The maximum Gasteiger partial charge on any atom is 0.328 e. The van der Waals surface area contributed by atoms with Crippen LogP contribution in [0.1, 0.15) is 5.56 Å². The number of fused-ring (bicyclic) bond motifs is 1. The van der Waals surface area contributed by atoms with Crippen molar-refractivity contribution >= 4 is 28.5 Å². The Kier molecular flexibility index (Phi) is 3.33. The van der Waals surface area contributed by atoms with Crippen LogP contribution < -0.4 is 4.90 Å². The van der Waals surface area contributed by atoms with Gasteiger partial charge in [0.1, 0.15) is 0 Å². The van der Waals surface area contributed by atoms with Crippen molar-refractivity contribution in [2.75, 3.05) is 19.0 Å². The average molecular weight is 241 g/mol.